The zero-order chi connectivity index (χ0) is 6.15. The fourth-order valence-electron chi connectivity index (χ4n) is 0.529. The molecule has 5 heteroatoms. The molecule has 2 N–H and O–H groups in total. The van der Waals surface area contributed by atoms with Gasteiger partial charge >= 0.3 is 0 Å². The number of aromatic nitrogens is 3. The molecule has 0 radical (unpaired) electrons. The maximum absolute atomic E-state index is 5.33. The number of hydrogen-bond donors (Lipinski definition) is 1. The zero-order valence-electron chi connectivity index (χ0n) is 5.33. The lowest BCUT2D eigenvalue weighted by molar-refractivity contribution is 0.767. The Bertz CT molecular complexity index is 175. The molecule has 0 aliphatic heterocycles. The molecule has 0 spiro atoms. The molecule has 0 bridgehead atoms. The normalized spacial score (nSPS) is 8.67. The van der Waals surface area contributed by atoms with Gasteiger partial charge in [0.15, 0.2) is 0 Å². The lowest BCUT2D eigenvalue weighted by atomic mass is 10.8. The van der Waals surface area contributed by atoms with Crippen molar-refractivity contribution in [3.63, 3.8) is 0 Å². The number of nitrogen functional groups attached to an aromatic ring is 1. The van der Waals surface area contributed by atoms with Crippen molar-refractivity contribution in [2.75, 3.05) is 5.73 Å². The second kappa shape index (κ2) is 3.00. The molecule has 4 nitrogen and oxygen atoms in total. The van der Waals surface area contributed by atoms with Crippen LogP contribution in [-0.4, -0.2) is 14.8 Å². The van der Waals surface area contributed by atoms with Gasteiger partial charge in [-0.25, -0.2) is 4.68 Å². The average Bonchev–Trinajstić information content (AvgIpc) is 1.85. The molecule has 9 heavy (non-hydrogen) atoms. The van der Waals surface area contributed by atoms with E-state index < -0.39 is 0 Å². The van der Waals surface area contributed by atoms with Gasteiger partial charge in [0.25, 0.3) is 0 Å². The SMILES string of the molecule is Cc1nc(N)n(C)n1.I. The van der Waals surface area contributed by atoms with E-state index in [1.807, 2.05) is 0 Å². The highest BCUT2D eigenvalue weighted by molar-refractivity contribution is 14.0. The Morgan fingerprint density at radius 1 is 1.56 bits per heavy atom. The summed E-state index contributed by atoms with van der Waals surface area (Å²) in [6.07, 6.45) is 0. The van der Waals surface area contributed by atoms with Crippen LogP contribution in [0.5, 0.6) is 0 Å². The maximum Gasteiger partial charge on any atom is 0.218 e. The molecule has 0 saturated carbocycles. The Labute approximate surface area is 70.5 Å². The molecule has 1 aromatic rings. The predicted molar refractivity (Wildman–Crippen MR) is 45.6 cm³/mol. The van der Waals surface area contributed by atoms with E-state index in [-0.39, 0.29) is 24.0 Å². The molecular weight excluding hydrogens is 231 g/mol. The summed E-state index contributed by atoms with van der Waals surface area (Å²) in [6, 6.07) is 0. The first kappa shape index (κ1) is 8.67. The van der Waals surface area contributed by atoms with Crippen molar-refractivity contribution in [3.8, 4) is 0 Å². The first-order valence-corrected chi connectivity index (χ1v) is 2.33. The van der Waals surface area contributed by atoms with Gasteiger partial charge in [-0.2, -0.15) is 10.1 Å². The summed E-state index contributed by atoms with van der Waals surface area (Å²) < 4.78 is 1.54. The van der Waals surface area contributed by atoms with E-state index in [0.717, 1.165) is 0 Å². The Morgan fingerprint density at radius 3 is 2.22 bits per heavy atom. The summed E-state index contributed by atoms with van der Waals surface area (Å²) in [7, 11) is 1.76. The topological polar surface area (TPSA) is 56.7 Å². The van der Waals surface area contributed by atoms with E-state index in [9.17, 15) is 0 Å². The summed E-state index contributed by atoms with van der Waals surface area (Å²) in [5.41, 5.74) is 5.33. The van der Waals surface area contributed by atoms with E-state index in [1.54, 1.807) is 14.0 Å². The van der Waals surface area contributed by atoms with Crippen LogP contribution in [0.1, 0.15) is 5.82 Å². The van der Waals surface area contributed by atoms with Crippen molar-refractivity contribution in [1.82, 2.24) is 14.8 Å². The molecule has 0 aliphatic rings. The fraction of sp³-hybridized carbons (Fsp3) is 0.500. The van der Waals surface area contributed by atoms with Crippen molar-refractivity contribution in [2.24, 2.45) is 7.05 Å². The molecule has 1 rings (SSSR count). The third-order valence-corrected chi connectivity index (χ3v) is 0.903. The van der Waals surface area contributed by atoms with Gasteiger partial charge in [0.2, 0.25) is 5.95 Å². The minimum absolute atomic E-state index is 0. The largest absolute Gasteiger partial charge is 0.368 e. The molecule has 0 fully saturated rings. The van der Waals surface area contributed by atoms with Gasteiger partial charge in [-0.15, -0.1) is 24.0 Å². The second-order valence-electron chi connectivity index (χ2n) is 1.64. The van der Waals surface area contributed by atoms with Crippen LogP contribution >= 0.6 is 24.0 Å². The number of hydrogen-bond acceptors (Lipinski definition) is 3. The van der Waals surface area contributed by atoms with E-state index >= 15 is 0 Å². The van der Waals surface area contributed by atoms with E-state index in [4.69, 9.17) is 5.73 Å². The molecular formula is C4H9IN4. The Morgan fingerprint density at radius 2 is 2.11 bits per heavy atom. The van der Waals surface area contributed by atoms with E-state index in [1.165, 1.54) is 4.68 Å². The fourth-order valence-corrected chi connectivity index (χ4v) is 0.529. The van der Waals surface area contributed by atoms with Crippen molar-refractivity contribution >= 4 is 29.9 Å². The quantitative estimate of drug-likeness (QED) is 0.664. The first-order valence-electron chi connectivity index (χ1n) is 2.33. The lowest BCUT2D eigenvalue weighted by Crippen LogP contribution is -1.97. The molecule has 0 saturated heterocycles. The third kappa shape index (κ3) is 1.81. The summed E-state index contributed by atoms with van der Waals surface area (Å²) in [4.78, 5) is 3.84. The van der Waals surface area contributed by atoms with Crippen LogP contribution in [0.15, 0.2) is 0 Å². The van der Waals surface area contributed by atoms with Gasteiger partial charge in [-0.05, 0) is 6.92 Å². The summed E-state index contributed by atoms with van der Waals surface area (Å²) in [5, 5.41) is 3.89. The Kier molecular flexibility index (Phi) is 2.89. The Balaban J connectivity index is 0.000000640. The summed E-state index contributed by atoms with van der Waals surface area (Å²) in [5.74, 6) is 1.17. The van der Waals surface area contributed by atoms with Gasteiger partial charge in [0, 0.05) is 7.05 Å². The summed E-state index contributed by atoms with van der Waals surface area (Å²) >= 11 is 0. The minimum Gasteiger partial charge on any atom is -0.368 e. The Hall–Kier alpha value is -0.330. The molecule has 0 amide bonds. The van der Waals surface area contributed by atoms with Gasteiger partial charge < -0.3 is 5.73 Å². The highest BCUT2D eigenvalue weighted by atomic mass is 127. The van der Waals surface area contributed by atoms with Crippen LogP contribution in [0, 0.1) is 6.92 Å². The molecule has 1 heterocycles. The molecule has 52 valence electrons. The van der Waals surface area contributed by atoms with Gasteiger partial charge in [0.1, 0.15) is 5.82 Å². The highest BCUT2D eigenvalue weighted by Crippen LogP contribution is 1.92. The highest BCUT2D eigenvalue weighted by Gasteiger charge is 1.94. The lowest BCUT2D eigenvalue weighted by Gasteiger charge is -1.85. The van der Waals surface area contributed by atoms with Crippen molar-refractivity contribution in [3.05, 3.63) is 5.82 Å². The van der Waals surface area contributed by atoms with Crippen LogP contribution in [0.2, 0.25) is 0 Å². The smallest absolute Gasteiger partial charge is 0.218 e. The number of nitrogens with zero attached hydrogens (tertiary/aromatic N) is 3. The molecule has 0 atom stereocenters. The number of rotatable bonds is 0. The van der Waals surface area contributed by atoms with Crippen LogP contribution in [0.4, 0.5) is 5.95 Å². The van der Waals surface area contributed by atoms with Crippen molar-refractivity contribution in [1.29, 1.82) is 0 Å². The van der Waals surface area contributed by atoms with E-state index in [0.29, 0.717) is 11.8 Å². The maximum atomic E-state index is 5.33. The number of anilines is 1. The standard InChI is InChI=1S/C4H8N4.HI/c1-3-6-4(5)8(2)7-3;/h1-2H3,(H2,5,6,7);1H. The molecule has 0 unspecified atom stereocenters. The monoisotopic (exact) mass is 240 g/mol. The van der Waals surface area contributed by atoms with Crippen molar-refractivity contribution in [2.45, 2.75) is 6.92 Å². The minimum atomic E-state index is 0. The zero-order valence-corrected chi connectivity index (χ0v) is 7.66. The van der Waals surface area contributed by atoms with Crippen LogP contribution in [0.25, 0.3) is 0 Å². The van der Waals surface area contributed by atoms with Crippen LogP contribution in [-0.2, 0) is 7.05 Å². The van der Waals surface area contributed by atoms with Crippen LogP contribution in [0.3, 0.4) is 0 Å². The number of aryl methyl sites for hydroxylation is 2. The predicted octanol–water partition coefficient (Wildman–Crippen LogP) is 0.324. The molecule has 0 aromatic carbocycles. The second-order valence-corrected chi connectivity index (χ2v) is 1.64. The first-order chi connectivity index (χ1) is 3.70. The molecule has 0 aliphatic carbocycles. The number of halogens is 1. The third-order valence-electron chi connectivity index (χ3n) is 0.903. The number of nitrogens with two attached hydrogens (primary N) is 1. The van der Waals surface area contributed by atoms with Gasteiger partial charge in [-0.1, -0.05) is 0 Å². The summed E-state index contributed by atoms with van der Waals surface area (Å²) in [6.45, 7) is 1.80. The van der Waals surface area contributed by atoms with Gasteiger partial charge in [0.05, 0.1) is 0 Å². The average molecular weight is 240 g/mol. The van der Waals surface area contributed by atoms with Crippen LogP contribution < -0.4 is 5.73 Å². The van der Waals surface area contributed by atoms with E-state index in [2.05, 4.69) is 10.1 Å². The van der Waals surface area contributed by atoms with Crippen molar-refractivity contribution < 1.29 is 0 Å². The van der Waals surface area contributed by atoms with Gasteiger partial charge in [-0.3, -0.25) is 0 Å². The molecule has 1 aromatic heterocycles.